The van der Waals surface area contributed by atoms with Crippen LogP contribution in [0, 0.1) is 6.92 Å². The summed E-state index contributed by atoms with van der Waals surface area (Å²) in [7, 11) is 1.70. The van der Waals surface area contributed by atoms with Gasteiger partial charge in [-0.1, -0.05) is 11.3 Å². The molecule has 0 radical (unpaired) electrons. The third-order valence-electron chi connectivity index (χ3n) is 2.70. The van der Waals surface area contributed by atoms with Crippen LogP contribution >= 0.6 is 11.3 Å². The molecule has 2 rings (SSSR count). The first-order chi connectivity index (χ1) is 9.31. The van der Waals surface area contributed by atoms with Crippen molar-refractivity contribution in [3.05, 3.63) is 29.0 Å². The molecule has 19 heavy (non-hydrogen) atoms. The predicted octanol–water partition coefficient (Wildman–Crippen LogP) is 1.69. The van der Waals surface area contributed by atoms with Crippen molar-refractivity contribution in [1.82, 2.24) is 20.5 Å². The summed E-state index contributed by atoms with van der Waals surface area (Å²) in [5, 5.41) is 13.7. The Morgan fingerprint density at radius 2 is 2.21 bits per heavy atom. The molecule has 2 aromatic heterocycles. The van der Waals surface area contributed by atoms with E-state index in [0.29, 0.717) is 0 Å². The van der Waals surface area contributed by atoms with Gasteiger partial charge in [-0.2, -0.15) is 0 Å². The quantitative estimate of drug-likeness (QED) is 0.781. The van der Waals surface area contributed by atoms with Crippen molar-refractivity contribution in [3.8, 4) is 10.6 Å². The third kappa shape index (κ3) is 4.05. The molecule has 0 aliphatic carbocycles. The molecule has 1 N–H and O–H groups in total. The zero-order valence-corrected chi connectivity index (χ0v) is 12.0. The average Bonchev–Trinajstić information content (AvgIpc) is 2.88. The van der Waals surface area contributed by atoms with E-state index in [0.717, 1.165) is 47.4 Å². The van der Waals surface area contributed by atoms with Gasteiger partial charge in [0.25, 0.3) is 0 Å². The lowest BCUT2D eigenvalue weighted by atomic mass is 10.2. The number of methoxy groups -OCH3 is 1. The molecule has 0 bridgehead atoms. The summed E-state index contributed by atoms with van der Waals surface area (Å²) in [6.45, 7) is 4.48. The number of aryl methyl sites for hydroxylation is 1. The van der Waals surface area contributed by atoms with Crippen LogP contribution in [0.3, 0.4) is 0 Å². The summed E-state index contributed by atoms with van der Waals surface area (Å²) < 4.78 is 4.97. The second kappa shape index (κ2) is 7.28. The third-order valence-corrected chi connectivity index (χ3v) is 3.72. The molecular formula is C13H18N4OS. The van der Waals surface area contributed by atoms with E-state index in [1.807, 2.05) is 19.1 Å². The molecule has 0 amide bonds. The highest BCUT2D eigenvalue weighted by Gasteiger charge is 2.08. The van der Waals surface area contributed by atoms with Crippen LogP contribution < -0.4 is 5.32 Å². The minimum atomic E-state index is 0.732. The standard InChI is InChI=1S/C13H18N4OS/c1-10-11(4-3-6-15-10)13-17-16-12(19-13)5-7-14-8-9-18-2/h3-4,6,14H,5,7-9H2,1-2H3. The Kier molecular flexibility index (Phi) is 5.38. The van der Waals surface area contributed by atoms with Crippen molar-refractivity contribution < 1.29 is 4.74 Å². The number of hydrogen-bond acceptors (Lipinski definition) is 6. The van der Waals surface area contributed by atoms with Crippen molar-refractivity contribution >= 4 is 11.3 Å². The first kappa shape index (κ1) is 14.0. The largest absolute Gasteiger partial charge is 0.383 e. The van der Waals surface area contributed by atoms with Gasteiger partial charge in [0, 0.05) is 44.1 Å². The van der Waals surface area contributed by atoms with Crippen LogP contribution in [-0.2, 0) is 11.2 Å². The molecule has 2 heterocycles. The van der Waals surface area contributed by atoms with Gasteiger partial charge in [0.1, 0.15) is 10.0 Å². The molecule has 0 atom stereocenters. The van der Waals surface area contributed by atoms with E-state index in [4.69, 9.17) is 4.74 Å². The maximum Gasteiger partial charge on any atom is 0.149 e. The van der Waals surface area contributed by atoms with E-state index in [2.05, 4.69) is 20.5 Å². The second-order valence-electron chi connectivity index (χ2n) is 4.13. The summed E-state index contributed by atoms with van der Waals surface area (Å²) in [5.41, 5.74) is 2.06. The van der Waals surface area contributed by atoms with Crippen LogP contribution in [0.25, 0.3) is 10.6 Å². The Morgan fingerprint density at radius 3 is 3.00 bits per heavy atom. The minimum absolute atomic E-state index is 0.732. The van der Waals surface area contributed by atoms with Crippen LogP contribution in [0.2, 0.25) is 0 Å². The van der Waals surface area contributed by atoms with Crippen LogP contribution in [0.5, 0.6) is 0 Å². The number of pyridine rings is 1. The summed E-state index contributed by atoms with van der Waals surface area (Å²) in [5.74, 6) is 0. The van der Waals surface area contributed by atoms with E-state index >= 15 is 0 Å². The van der Waals surface area contributed by atoms with E-state index in [9.17, 15) is 0 Å². The number of aromatic nitrogens is 3. The summed E-state index contributed by atoms with van der Waals surface area (Å²) >= 11 is 1.63. The molecule has 0 unspecified atom stereocenters. The lowest BCUT2D eigenvalue weighted by Crippen LogP contribution is -2.21. The number of rotatable bonds is 7. The molecule has 2 aromatic rings. The number of nitrogens with one attached hydrogen (secondary N) is 1. The van der Waals surface area contributed by atoms with Gasteiger partial charge in [-0.3, -0.25) is 4.98 Å². The van der Waals surface area contributed by atoms with Gasteiger partial charge in [-0.25, -0.2) is 0 Å². The van der Waals surface area contributed by atoms with Gasteiger partial charge in [-0.15, -0.1) is 10.2 Å². The Labute approximate surface area is 117 Å². The van der Waals surface area contributed by atoms with E-state index in [1.165, 1.54) is 0 Å². The summed E-state index contributed by atoms with van der Waals surface area (Å²) in [6.07, 6.45) is 2.68. The van der Waals surface area contributed by atoms with Crippen LogP contribution in [0.4, 0.5) is 0 Å². The van der Waals surface area contributed by atoms with Crippen LogP contribution in [0.1, 0.15) is 10.7 Å². The van der Waals surface area contributed by atoms with Crippen molar-refractivity contribution in [2.45, 2.75) is 13.3 Å². The first-order valence-corrected chi connectivity index (χ1v) is 7.07. The van der Waals surface area contributed by atoms with Crippen molar-refractivity contribution in [3.63, 3.8) is 0 Å². The lowest BCUT2D eigenvalue weighted by molar-refractivity contribution is 0.199. The van der Waals surface area contributed by atoms with E-state index in [-0.39, 0.29) is 0 Å². The maximum absolute atomic E-state index is 4.97. The van der Waals surface area contributed by atoms with Gasteiger partial charge in [0.2, 0.25) is 0 Å². The monoisotopic (exact) mass is 278 g/mol. The molecule has 0 saturated carbocycles. The second-order valence-corrected chi connectivity index (χ2v) is 5.19. The first-order valence-electron chi connectivity index (χ1n) is 6.25. The van der Waals surface area contributed by atoms with Crippen molar-refractivity contribution in [2.24, 2.45) is 0 Å². The highest BCUT2D eigenvalue weighted by atomic mass is 32.1. The normalized spacial score (nSPS) is 10.8. The van der Waals surface area contributed by atoms with Crippen LogP contribution in [0.15, 0.2) is 18.3 Å². The van der Waals surface area contributed by atoms with E-state index in [1.54, 1.807) is 24.6 Å². The molecule has 0 aliphatic heterocycles. The van der Waals surface area contributed by atoms with Crippen LogP contribution in [-0.4, -0.2) is 42.0 Å². The predicted molar refractivity (Wildman–Crippen MR) is 76.3 cm³/mol. The SMILES string of the molecule is COCCNCCc1nnc(-c2cccnc2C)s1. The Balaban J connectivity index is 1.91. The molecule has 102 valence electrons. The minimum Gasteiger partial charge on any atom is -0.383 e. The molecule has 0 aromatic carbocycles. The number of nitrogens with zero attached hydrogens (tertiary/aromatic N) is 3. The highest BCUT2D eigenvalue weighted by Crippen LogP contribution is 2.25. The fraction of sp³-hybridized carbons (Fsp3) is 0.462. The topological polar surface area (TPSA) is 59.9 Å². The number of hydrogen-bond donors (Lipinski definition) is 1. The van der Waals surface area contributed by atoms with Gasteiger partial charge >= 0.3 is 0 Å². The summed E-state index contributed by atoms with van der Waals surface area (Å²) in [6, 6.07) is 3.96. The average molecular weight is 278 g/mol. The summed E-state index contributed by atoms with van der Waals surface area (Å²) in [4.78, 5) is 4.27. The van der Waals surface area contributed by atoms with Gasteiger partial charge in [0.15, 0.2) is 0 Å². The smallest absolute Gasteiger partial charge is 0.149 e. The molecule has 5 nitrogen and oxygen atoms in total. The zero-order valence-electron chi connectivity index (χ0n) is 11.2. The Hall–Kier alpha value is -1.37. The fourth-order valence-electron chi connectivity index (χ4n) is 1.67. The molecule has 0 fully saturated rings. The van der Waals surface area contributed by atoms with Crippen molar-refractivity contribution in [2.75, 3.05) is 26.8 Å². The molecule has 0 aliphatic rings. The zero-order chi connectivity index (χ0) is 13.5. The maximum atomic E-state index is 4.97. The van der Waals surface area contributed by atoms with Gasteiger partial charge in [0.05, 0.1) is 6.61 Å². The Morgan fingerprint density at radius 1 is 1.32 bits per heavy atom. The highest BCUT2D eigenvalue weighted by molar-refractivity contribution is 7.14. The van der Waals surface area contributed by atoms with Gasteiger partial charge in [-0.05, 0) is 19.1 Å². The van der Waals surface area contributed by atoms with Crippen molar-refractivity contribution in [1.29, 1.82) is 0 Å². The fourth-order valence-corrected chi connectivity index (χ4v) is 2.58. The molecule has 0 saturated heterocycles. The lowest BCUT2D eigenvalue weighted by Gasteiger charge is -2.01. The van der Waals surface area contributed by atoms with E-state index < -0.39 is 0 Å². The molecule has 6 heteroatoms. The number of ether oxygens (including phenoxy) is 1. The Bertz CT molecular complexity index is 515. The molecule has 0 spiro atoms. The van der Waals surface area contributed by atoms with Gasteiger partial charge < -0.3 is 10.1 Å². The molecular weight excluding hydrogens is 260 g/mol.